The summed E-state index contributed by atoms with van der Waals surface area (Å²) in [6.07, 6.45) is 5.57. The van der Waals surface area contributed by atoms with Gasteiger partial charge in [-0.1, -0.05) is 17.9 Å². The molecule has 2 atom stereocenters. The Balaban J connectivity index is 2.29. The highest BCUT2D eigenvalue weighted by Crippen LogP contribution is 2.15. The third-order valence-corrected chi connectivity index (χ3v) is 2.04. The van der Waals surface area contributed by atoms with Gasteiger partial charge < -0.3 is 5.32 Å². The molecule has 0 amide bonds. The third kappa shape index (κ3) is 1.48. The molecule has 3 nitrogen and oxygen atoms in total. The number of rotatable bonds is 1. The Morgan fingerprint density at radius 2 is 2.62 bits per heavy atom. The number of hydrogen-bond donors (Lipinski definition) is 1. The van der Waals surface area contributed by atoms with E-state index in [0.717, 1.165) is 12.4 Å². The molecule has 1 aliphatic carbocycles. The minimum Gasteiger partial charge on any atom is -0.334 e. The van der Waals surface area contributed by atoms with E-state index in [4.69, 9.17) is 0 Å². The molecule has 0 fully saturated rings. The Labute approximate surface area is 77.7 Å². The SMILES string of the molecule is CCN=C1NC=NC2C=CC#CC12. The van der Waals surface area contributed by atoms with Crippen LogP contribution in [0.5, 0.6) is 0 Å². The predicted molar refractivity (Wildman–Crippen MR) is 53.8 cm³/mol. The molecule has 0 bridgehead atoms. The normalized spacial score (nSPS) is 31.9. The van der Waals surface area contributed by atoms with Gasteiger partial charge in [-0.25, -0.2) is 0 Å². The van der Waals surface area contributed by atoms with Crippen molar-refractivity contribution in [3.63, 3.8) is 0 Å². The fraction of sp³-hybridized carbons (Fsp3) is 0.400. The first-order valence-electron chi connectivity index (χ1n) is 4.42. The summed E-state index contributed by atoms with van der Waals surface area (Å²) in [7, 11) is 0. The monoisotopic (exact) mass is 173 g/mol. The van der Waals surface area contributed by atoms with Gasteiger partial charge in [0.05, 0.1) is 12.4 Å². The standard InChI is InChI=1S/C10H11N3/c1-2-11-10-8-5-3-4-6-9(8)12-7-13-10/h4,6-9H,2H2,1H3,(H,11,12,13). The molecule has 2 unspecified atom stereocenters. The highest BCUT2D eigenvalue weighted by molar-refractivity contribution is 5.98. The Kier molecular flexibility index (Phi) is 2.13. The first-order valence-corrected chi connectivity index (χ1v) is 4.42. The van der Waals surface area contributed by atoms with Gasteiger partial charge in [0.2, 0.25) is 0 Å². The summed E-state index contributed by atoms with van der Waals surface area (Å²) in [5.74, 6) is 7.14. The van der Waals surface area contributed by atoms with E-state index in [-0.39, 0.29) is 12.0 Å². The lowest BCUT2D eigenvalue weighted by atomic mass is 9.95. The molecule has 2 aliphatic rings. The molecule has 0 aromatic carbocycles. The minimum absolute atomic E-state index is 0.134. The lowest BCUT2D eigenvalue weighted by Gasteiger charge is -2.23. The number of amidine groups is 1. The maximum absolute atomic E-state index is 4.35. The van der Waals surface area contributed by atoms with Gasteiger partial charge in [0.1, 0.15) is 11.8 Å². The molecule has 0 spiro atoms. The number of allylic oxidation sites excluding steroid dienone is 1. The van der Waals surface area contributed by atoms with Crippen LogP contribution in [0.2, 0.25) is 0 Å². The van der Waals surface area contributed by atoms with E-state index >= 15 is 0 Å². The second-order valence-corrected chi connectivity index (χ2v) is 2.90. The van der Waals surface area contributed by atoms with Crippen molar-refractivity contribution >= 4 is 12.2 Å². The molecule has 0 saturated heterocycles. The summed E-state index contributed by atoms with van der Waals surface area (Å²) < 4.78 is 0. The van der Waals surface area contributed by atoms with Crippen molar-refractivity contribution in [2.24, 2.45) is 15.9 Å². The van der Waals surface area contributed by atoms with Crippen LogP contribution in [0, 0.1) is 17.8 Å². The Morgan fingerprint density at radius 3 is 3.46 bits per heavy atom. The Bertz CT molecular complexity index is 341. The van der Waals surface area contributed by atoms with Crippen LogP contribution in [0.15, 0.2) is 22.1 Å². The zero-order valence-corrected chi connectivity index (χ0v) is 7.49. The molecular formula is C10H11N3. The van der Waals surface area contributed by atoms with E-state index in [1.165, 1.54) is 0 Å². The number of hydrogen-bond acceptors (Lipinski definition) is 2. The summed E-state index contributed by atoms with van der Waals surface area (Å²) >= 11 is 0. The van der Waals surface area contributed by atoms with Gasteiger partial charge in [-0.05, 0) is 13.0 Å². The summed E-state index contributed by atoms with van der Waals surface area (Å²) in [6.45, 7) is 2.80. The maximum Gasteiger partial charge on any atom is 0.119 e. The lowest BCUT2D eigenvalue weighted by Crippen LogP contribution is -2.40. The van der Waals surface area contributed by atoms with Crippen molar-refractivity contribution in [1.29, 1.82) is 0 Å². The van der Waals surface area contributed by atoms with Crippen LogP contribution < -0.4 is 5.32 Å². The van der Waals surface area contributed by atoms with E-state index in [1.807, 2.05) is 19.1 Å². The second kappa shape index (κ2) is 3.44. The summed E-state index contributed by atoms with van der Waals surface area (Å²) in [5.41, 5.74) is 0. The molecule has 3 heteroatoms. The quantitative estimate of drug-likeness (QED) is 0.579. The molecule has 1 N–H and O–H groups in total. The van der Waals surface area contributed by atoms with Crippen LogP contribution in [-0.2, 0) is 0 Å². The molecule has 0 aromatic rings. The predicted octanol–water partition coefficient (Wildman–Crippen LogP) is 0.594. The molecule has 0 saturated carbocycles. The zero-order valence-electron chi connectivity index (χ0n) is 7.49. The first-order chi connectivity index (χ1) is 6.42. The van der Waals surface area contributed by atoms with E-state index in [9.17, 15) is 0 Å². The highest BCUT2D eigenvalue weighted by atomic mass is 15.1. The summed E-state index contributed by atoms with van der Waals surface area (Å²) in [5, 5.41) is 3.04. The zero-order chi connectivity index (χ0) is 9.10. The van der Waals surface area contributed by atoms with Gasteiger partial charge in [-0.3, -0.25) is 9.98 Å². The summed E-state index contributed by atoms with van der Waals surface area (Å²) in [4.78, 5) is 8.62. The molecule has 2 rings (SSSR count). The van der Waals surface area contributed by atoms with Crippen LogP contribution in [0.3, 0.4) is 0 Å². The van der Waals surface area contributed by atoms with E-state index < -0.39 is 0 Å². The summed E-state index contributed by atoms with van der Waals surface area (Å²) in [6, 6.07) is 0.160. The van der Waals surface area contributed by atoms with Crippen molar-refractivity contribution in [3.05, 3.63) is 12.2 Å². The van der Waals surface area contributed by atoms with Crippen molar-refractivity contribution in [2.45, 2.75) is 13.0 Å². The van der Waals surface area contributed by atoms with Crippen molar-refractivity contribution in [2.75, 3.05) is 6.54 Å². The van der Waals surface area contributed by atoms with Crippen LogP contribution >= 0.6 is 0 Å². The van der Waals surface area contributed by atoms with Gasteiger partial charge in [0, 0.05) is 6.54 Å². The fourth-order valence-electron chi connectivity index (χ4n) is 1.44. The number of fused-ring (bicyclic) bond motifs is 1. The van der Waals surface area contributed by atoms with E-state index in [2.05, 4.69) is 27.1 Å². The average molecular weight is 173 g/mol. The van der Waals surface area contributed by atoms with Crippen LogP contribution in [0.1, 0.15) is 6.92 Å². The average Bonchev–Trinajstić information content (AvgIpc) is 2.19. The fourth-order valence-corrected chi connectivity index (χ4v) is 1.44. The minimum atomic E-state index is 0.134. The van der Waals surface area contributed by atoms with Gasteiger partial charge in [-0.2, -0.15) is 0 Å². The van der Waals surface area contributed by atoms with E-state index in [1.54, 1.807) is 6.34 Å². The number of nitrogens with one attached hydrogen (secondary N) is 1. The van der Waals surface area contributed by atoms with Gasteiger partial charge in [0.15, 0.2) is 0 Å². The van der Waals surface area contributed by atoms with Crippen LogP contribution in [0.4, 0.5) is 0 Å². The molecule has 1 heterocycles. The Hall–Kier alpha value is -1.56. The number of nitrogens with zero attached hydrogens (tertiary/aromatic N) is 2. The van der Waals surface area contributed by atoms with Gasteiger partial charge in [0.25, 0.3) is 0 Å². The second-order valence-electron chi connectivity index (χ2n) is 2.90. The smallest absolute Gasteiger partial charge is 0.119 e. The third-order valence-electron chi connectivity index (χ3n) is 2.04. The highest BCUT2D eigenvalue weighted by Gasteiger charge is 2.25. The molecule has 1 aliphatic heterocycles. The van der Waals surface area contributed by atoms with Gasteiger partial charge >= 0.3 is 0 Å². The van der Waals surface area contributed by atoms with Crippen LogP contribution in [-0.4, -0.2) is 24.8 Å². The van der Waals surface area contributed by atoms with Gasteiger partial charge in [-0.15, -0.1) is 0 Å². The molecule has 0 radical (unpaired) electrons. The number of aliphatic imine (C=N–C) groups is 2. The van der Waals surface area contributed by atoms with Crippen molar-refractivity contribution in [1.82, 2.24) is 5.32 Å². The largest absolute Gasteiger partial charge is 0.334 e. The van der Waals surface area contributed by atoms with Crippen molar-refractivity contribution in [3.8, 4) is 11.8 Å². The maximum atomic E-state index is 4.35. The topological polar surface area (TPSA) is 36.8 Å². The molecular weight excluding hydrogens is 162 g/mol. The van der Waals surface area contributed by atoms with E-state index in [0.29, 0.717) is 0 Å². The van der Waals surface area contributed by atoms with Crippen LogP contribution in [0.25, 0.3) is 0 Å². The molecule has 66 valence electrons. The first kappa shape index (κ1) is 8.06. The molecule has 13 heavy (non-hydrogen) atoms. The molecule has 0 aromatic heterocycles. The van der Waals surface area contributed by atoms with Crippen molar-refractivity contribution < 1.29 is 0 Å². The Morgan fingerprint density at radius 1 is 1.69 bits per heavy atom. The lowest BCUT2D eigenvalue weighted by molar-refractivity contribution is 0.709.